The molecule has 2 aliphatic heterocycles. The molecule has 1 saturated heterocycles. The molecule has 4 aromatic rings. The van der Waals surface area contributed by atoms with Gasteiger partial charge in [0.1, 0.15) is 50.0 Å². The molecule has 0 amide bonds. The van der Waals surface area contributed by atoms with Crippen molar-refractivity contribution in [1.82, 2.24) is 9.88 Å². The maximum atomic E-state index is 12.0. The molecule has 0 bridgehead atoms. The second kappa shape index (κ2) is 14.1. The van der Waals surface area contributed by atoms with Crippen LogP contribution in [0.3, 0.4) is 0 Å². The summed E-state index contributed by atoms with van der Waals surface area (Å²) in [4.78, 5) is 18.1. The van der Waals surface area contributed by atoms with E-state index >= 15 is 0 Å². The second-order valence-corrected chi connectivity index (χ2v) is 11.8. The molecular formula is C36H34ClN3O6. The number of benzene rings is 3. The first kappa shape index (κ1) is 31.2. The zero-order valence-corrected chi connectivity index (χ0v) is 26.3. The van der Waals surface area contributed by atoms with Crippen molar-refractivity contribution >= 4 is 17.6 Å². The molecule has 10 heteroatoms. The van der Waals surface area contributed by atoms with E-state index in [1.165, 1.54) is 6.20 Å². The Balaban J connectivity index is 1.25. The van der Waals surface area contributed by atoms with Gasteiger partial charge in [-0.05, 0) is 61.7 Å². The number of fused-ring (bicyclic) bond motifs is 1. The van der Waals surface area contributed by atoms with Gasteiger partial charge in [-0.1, -0.05) is 42.3 Å². The summed E-state index contributed by atoms with van der Waals surface area (Å²) in [6, 6.07) is 18.8. The molecule has 1 aromatic heterocycles. The minimum atomic E-state index is -0.811. The van der Waals surface area contributed by atoms with Gasteiger partial charge in [-0.2, -0.15) is 5.26 Å². The summed E-state index contributed by atoms with van der Waals surface area (Å²) in [7, 11) is 0. The number of aliphatic carboxylic acids is 1. The maximum Gasteiger partial charge on any atom is 0.320 e. The number of pyridine rings is 1. The number of aromatic nitrogens is 1. The van der Waals surface area contributed by atoms with E-state index in [4.69, 9.17) is 30.5 Å². The molecule has 0 spiro atoms. The summed E-state index contributed by atoms with van der Waals surface area (Å²) in [5, 5.41) is 19.7. The van der Waals surface area contributed by atoms with Crippen molar-refractivity contribution in [2.24, 2.45) is 0 Å². The normalized spacial score (nSPS) is 16.0. The Bertz CT molecular complexity index is 1790. The molecule has 0 radical (unpaired) electrons. The van der Waals surface area contributed by atoms with Crippen LogP contribution in [-0.2, 0) is 24.6 Å². The van der Waals surface area contributed by atoms with E-state index in [9.17, 15) is 15.2 Å². The number of carboxylic acids is 1. The van der Waals surface area contributed by atoms with Crippen LogP contribution in [0.4, 0.5) is 0 Å². The number of hydrogen-bond acceptors (Lipinski definition) is 8. The molecule has 2 aliphatic rings. The summed E-state index contributed by atoms with van der Waals surface area (Å²) >= 11 is 6.92. The number of halogens is 1. The van der Waals surface area contributed by atoms with E-state index < -0.39 is 12.0 Å². The average molecular weight is 640 g/mol. The molecule has 3 aromatic carbocycles. The number of carbonyl (C=O) groups is 1. The van der Waals surface area contributed by atoms with E-state index in [1.54, 1.807) is 12.3 Å². The quantitative estimate of drug-likeness (QED) is 0.197. The standard InChI is InChI=1S/C36H34ClN3O6/c1-23-13-28(20-40-10-3-2-7-30(40)36(41)42)33(45-21-25-14-24(17-38)18-39-19-25)16-32(23)46-22-27-5-4-6-29(35(27)37)26-8-9-31-34(15-26)44-12-11-43-31/h4-6,8-9,13-16,18-19,30H,2-3,7,10-12,20-22H2,1H3,(H,41,42)/t30-/m0/s1. The van der Waals surface area contributed by atoms with Gasteiger partial charge in [-0.25, -0.2) is 0 Å². The summed E-state index contributed by atoms with van der Waals surface area (Å²) in [6.07, 6.45) is 5.61. The van der Waals surface area contributed by atoms with Crippen LogP contribution in [0.5, 0.6) is 23.0 Å². The van der Waals surface area contributed by atoms with Crippen LogP contribution in [0.25, 0.3) is 11.1 Å². The highest BCUT2D eigenvalue weighted by Gasteiger charge is 2.29. The number of rotatable bonds is 10. The number of nitrogens with zero attached hydrogens (tertiary/aromatic N) is 3. The molecule has 0 unspecified atom stereocenters. The highest BCUT2D eigenvalue weighted by atomic mass is 35.5. The van der Waals surface area contributed by atoms with E-state index in [1.807, 2.05) is 60.4 Å². The minimum Gasteiger partial charge on any atom is -0.488 e. The molecular weight excluding hydrogens is 606 g/mol. The molecule has 46 heavy (non-hydrogen) atoms. The molecule has 1 fully saturated rings. The number of ether oxygens (including phenoxy) is 4. The van der Waals surface area contributed by atoms with E-state index in [0.717, 1.165) is 52.0 Å². The minimum absolute atomic E-state index is 0.184. The van der Waals surface area contributed by atoms with Crippen molar-refractivity contribution in [1.29, 1.82) is 5.26 Å². The molecule has 236 valence electrons. The molecule has 0 saturated carbocycles. The third-order valence-corrected chi connectivity index (χ3v) is 8.71. The van der Waals surface area contributed by atoms with Crippen molar-refractivity contribution in [3.8, 4) is 40.2 Å². The third kappa shape index (κ3) is 7.04. The topological polar surface area (TPSA) is 114 Å². The number of carboxylic acid groups (broad SMARTS) is 1. The SMILES string of the molecule is Cc1cc(CN2CCCC[C@H]2C(=O)O)c(OCc2cncc(C#N)c2)cc1OCc1cccc(-c2ccc3c(c2)OCCO3)c1Cl. The fourth-order valence-corrected chi connectivity index (χ4v) is 6.18. The number of nitriles is 1. The van der Waals surface area contributed by atoms with Crippen LogP contribution in [-0.4, -0.2) is 46.8 Å². The van der Waals surface area contributed by atoms with E-state index in [0.29, 0.717) is 60.6 Å². The first-order valence-electron chi connectivity index (χ1n) is 15.3. The molecule has 1 atom stereocenters. The van der Waals surface area contributed by atoms with Gasteiger partial charge in [-0.3, -0.25) is 14.7 Å². The highest BCUT2D eigenvalue weighted by molar-refractivity contribution is 6.34. The van der Waals surface area contributed by atoms with Gasteiger partial charge < -0.3 is 24.1 Å². The Kier molecular flexibility index (Phi) is 9.57. The molecule has 6 rings (SSSR count). The second-order valence-electron chi connectivity index (χ2n) is 11.5. The van der Waals surface area contributed by atoms with E-state index in [-0.39, 0.29) is 13.2 Å². The van der Waals surface area contributed by atoms with Crippen molar-refractivity contribution < 1.29 is 28.8 Å². The summed E-state index contributed by atoms with van der Waals surface area (Å²) < 4.78 is 24.1. The van der Waals surface area contributed by atoms with Gasteiger partial charge in [0, 0.05) is 47.3 Å². The molecule has 9 nitrogen and oxygen atoms in total. The zero-order valence-electron chi connectivity index (χ0n) is 25.5. The Labute approximate surface area is 272 Å². The number of piperidine rings is 1. The van der Waals surface area contributed by atoms with Gasteiger partial charge in [0.2, 0.25) is 0 Å². The summed E-state index contributed by atoms with van der Waals surface area (Å²) in [5.74, 6) is 1.80. The average Bonchev–Trinajstić information content (AvgIpc) is 3.08. The summed E-state index contributed by atoms with van der Waals surface area (Å²) in [5.41, 5.74) is 5.54. The monoisotopic (exact) mass is 639 g/mol. The predicted molar refractivity (Wildman–Crippen MR) is 172 cm³/mol. The van der Waals surface area contributed by atoms with Gasteiger partial charge in [-0.15, -0.1) is 0 Å². The predicted octanol–water partition coefficient (Wildman–Crippen LogP) is 6.95. The van der Waals surface area contributed by atoms with Gasteiger partial charge in [0.25, 0.3) is 0 Å². The van der Waals surface area contributed by atoms with E-state index in [2.05, 4.69) is 11.1 Å². The van der Waals surface area contributed by atoms with Crippen LogP contribution in [0.1, 0.15) is 47.1 Å². The van der Waals surface area contributed by atoms with Crippen molar-refractivity contribution in [3.63, 3.8) is 0 Å². The Morgan fingerprint density at radius 1 is 1.02 bits per heavy atom. The van der Waals surface area contributed by atoms with Crippen LogP contribution >= 0.6 is 11.6 Å². The van der Waals surface area contributed by atoms with Crippen LogP contribution in [0, 0.1) is 18.3 Å². The van der Waals surface area contributed by atoms with Gasteiger partial charge >= 0.3 is 5.97 Å². The van der Waals surface area contributed by atoms with Crippen LogP contribution in [0.2, 0.25) is 5.02 Å². The lowest BCUT2D eigenvalue weighted by molar-refractivity contribution is -0.144. The number of aryl methyl sites for hydroxylation is 1. The smallest absolute Gasteiger partial charge is 0.320 e. The molecule has 0 aliphatic carbocycles. The lowest BCUT2D eigenvalue weighted by Crippen LogP contribution is -2.44. The number of hydrogen-bond donors (Lipinski definition) is 1. The Morgan fingerprint density at radius 2 is 1.85 bits per heavy atom. The lowest BCUT2D eigenvalue weighted by Gasteiger charge is -2.33. The van der Waals surface area contributed by atoms with Gasteiger partial charge in [0.15, 0.2) is 11.5 Å². The van der Waals surface area contributed by atoms with Crippen LogP contribution in [0.15, 0.2) is 67.0 Å². The largest absolute Gasteiger partial charge is 0.488 e. The highest BCUT2D eigenvalue weighted by Crippen LogP contribution is 2.39. The van der Waals surface area contributed by atoms with Crippen molar-refractivity contribution in [3.05, 3.63) is 99.8 Å². The Morgan fingerprint density at radius 3 is 2.67 bits per heavy atom. The first-order chi connectivity index (χ1) is 22.4. The first-order valence-corrected chi connectivity index (χ1v) is 15.6. The third-order valence-electron chi connectivity index (χ3n) is 8.26. The van der Waals surface area contributed by atoms with Crippen molar-refractivity contribution in [2.75, 3.05) is 19.8 Å². The Hall–Kier alpha value is -4.78. The lowest BCUT2D eigenvalue weighted by atomic mass is 10.0. The maximum absolute atomic E-state index is 12.0. The van der Waals surface area contributed by atoms with Gasteiger partial charge in [0.05, 0.1) is 10.6 Å². The fraction of sp³-hybridized carbons (Fsp3) is 0.306. The van der Waals surface area contributed by atoms with Crippen LogP contribution < -0.4 is 18.9 Å². The molecule has 3 heterocycles. The van der Waals surface area contributed by atoms with Crippen molar-refractivity contribution in [2.45, 2.75) is 52.0 Å². The fourth-order valence-electron chi connectivity index (χ4n) is 5.89. The zero-order chi connectivity index (χ0) is 32.0. The molecule has 1 N–H and O–H groups in total. The number of likely N-dealkylation sites (tertiary alicyclic amines) is 1. The summed E-state index contributed by atoms with van der Waals surface area (Å²) in [6.45, 7) is 4.51.